The third-order valence-corrected chi connectivity index (χ3v) is 26.0. The lowest BCUT2D eigenvalue weighted by atomic mass is 10.2. The molecule has 9 unspecified atom stereocenters. The second-order valence-corrected chi connectivity index (χ2v) is 26.9. The summed E-state index contributed by atoms with van der Waals surface area (Å²) in [7, 11) is 14.6. The van der Waals surface area contributed by atoms with Crippen LogP contribution in [0.5, 0.6) is 0 Å². The number of hydrogen-bond donors (Lipinski definition) is 3. The van der Waals surface area contributed by atoms with E-state index in [9.17, 15) is 5.11 Å². The monoisotopic (exact) mass is 392 g/mol. The molecule has 0 saturated carbocycles. The predicted molar refractivity (Wildman–Crippen MR) is 104 cm³/mol. The molecule has 0 aromatic heterocycles. The van der Waals surface area contributed by atoms with E-state index in [1.54, 1.807) is 0 Å². The Bertz CT molecular complexity index is 174. The zero-order valence-corrected chi connectivity index (χ0v) is 18.3. The molecule has 0 radical (unpaired) electrons. The first-order chi connectivity index (χ1) is 7.51. The van der Waals surface area contributed by atoms with Crippen molar-refractivity contribution in [3.05, 3.63) is 0 Å². The highest BCUT2D eigenvalue weighted by molar-refractivity contribution is 8.81. The van der Waals surface area contributed by atoms with Crippen LogP contribution in [0.3, 0.4) is 0 Å². The Morgan fingerprint density at radius 2 is 1.88 bits per heavy atom. The number of hydrogen-bond acceptors (Lipinski definition) is 3. The molecule has 3 N–H and O–H groups in total. The van der Waals surface area contributed by atoms with Crippen molar-refractivity contribution < 1.29 is 5.11 Å². The summed E-state index contributed by atoms with van der Waals surface area (Å²) >= 11 is 0. The van der Waals surface area contributed by atoms with E-state index in [1.165, 1.54) is 0 Å². The van der Waals surface area contributed by atoms with Crippen molar-refractivity contribution in [2.75, 3.05) is 13.2 Å². The van der Waals surface area contributed by atoms with Gasteiger partial charge in [-0.25, -0.2) is 0 Å². The molecule has 98 valence electrons. The van der Waals surface area contributed by atoms with E-state index in [1.807, 2.05) is 0 Å². The third kappa shape index (κ3) is 10.5. The molecule has 0 spiro atoms. The topological polar surface area (TPSA) is 44.3 Å². The van der Waals surface area contributed by atoms with Gasteiger partial charge in [0.25, 0.3) is 0 Å². The summed E-state index contributed by atoms with van der Waals surface area (Å²) in [5.74, 6) is 0. The molecule has 0 heterocycles. The second kappa shape index (κ2) is 12.5. The summed E-state index contributed by atoms with van der Waals surface area (Å²) in [4.78, 5) is 0. The Hall–Kier alpha value is 3.75. The molecule has 0 aliphatic heterocycles. The number of nitrogens with one attached hydrogen (secondary N) is 2. The second-order valence-electron chi connectivity index (χ2n) is 2.93. The largest absolute Gasteiger partial charge is 0.395 e. The lowest BCUT2D eigenvalue weighted by Crippen LogP contribution is -2.29. The lowest BCUT2D eigenvalue weighted by molar-refractivity contribution is 0.253. The van der Waals surface area contributed by atoms with Crippen LogP contribution in [0.15, 0.2) is 0 Å². The maximum atomic E-state index is 9.25. The van der Waals surface area contributed by atoms with Crippen LogP contribution in [0.1, 0.15) is 6.42 Å². The SMILES string of the molecule is OCC(CCNP(P)P(P)P)NP(P)PP. The molecule has 16 heavy (non-hydrogen) atoms. The van der Waals surface area contributed by atoms with Crippen molar-refractivity contribution in [3.8, 4) is 0 Å². The first kappa shape index (κ1) is 19.8. The standard InChI is InChI=1S/C4H21N2OP9/c7-3-4(6-14(9)13-8)1-2-5-15(10)16(11)12/h4-7,13H,1-3,8-12H2. The van der Waals surface area contributed by atoms with Gasteiger partial charge in [0.2, 0.25) is 0 Å². The molecule has 0 bridgehead atoms. The summed E-state index contributed by atoms with van der Waals surface area (Å²) in [6, 6.07) is 0.220. The number of rotatable bonds is 9. The summed E-state index contributed by atoms with van der Waals surface area (Å²) in [5, 5.41) is 16.2. The van der Waals surface area contributed by atoms with Crippen LogP contribution < -0.4 is 10.2 Å². The maximum absolute atomic E-state index is 9.25. The Morgan fingerprint density at radius 1 is 1.25 bits per heavy atom. The Balaban J connectivity index is 3.70. The third-order valence-electron chi connectivity index (χ3n) is 1.70. The zero-order chi connectivity index (χ0) is 12.6. The highest BCUT2D eigenvalue weighted by Gasteiger charge is 2.11. The molecule has 0 aromatic carbocycles. The molecule has 0 aromatic rings. The van der Waals surface area contributed by atoms with Gasteiger partial charge in [0, 0.05) is 27.5 Å². The molecule has 0 rings (SSSR count). The molecule has 0 aliphatic rings. The van der Waals surface area contributed by atoms with Crippen LogP contribution in [0.4, 0.5) is 0 Å². The molecule has 0 saturated heterocycles. The summed E-state index contributed by atoms with van der Waals surface area (Å²) in [5.41, 5.74) is 0. The molecular weight excluding hydrogens is 371 g/mol. The van der Waals surface area contributed by atoms with Crippen molar-refractivity contribution in [2.24, 2.45) is 0 Å². The van der Waals surface area contributed by atoms with Crippen LogP contribution in [0.2, 0.25) is 0 Å². The average molecular weight is 392 g/mol. The maximum Gasteiger partial charge on any atom is 0.0588 e. The van der Waals surface area contributed by atoms with Gasteiger partial charge in [0.05, 0.1) is 6.61 Å². The van der Waals surface area contributed by atoms with Crippen molar-refractivity contribution in [1.29, 1.82) is 0 Å². The average Bonchev–Trinajstić information content (AvgIpc) is 2.26. The smallest absolute Gasteiger partial charge is 0.0588 e. The van der Waals surface area contributed by atoms with Crippen LogP contribution >= 0.6 is 74.5 Å². The molecular formula is C4H21N2OP9. The summed E-state index contributed by atoms with van der Waals surface area (Å²) in [6.45, 7) is 1.13. The fourth-order valence-corrected chi connectivity index (χ4v) is 6.79. The van der Waals surface area contributed by atoms with Gasteiger partial charge in [0.1, 0.15) is 0 Å². The van der Waals surface area contributed by atoms with Crippen LogP contribution in [-0.4, -0.2) is 24.3 Å². The van der Waals surface area contributed by atoms with E-state index in [0.29, 0.717) is 0 Å². The van der Waals surface area contributed by atoms with Crippen LogP contribution in [0, 0.1) is 0 Å². The minimum atomic E-state index is -0.202. The predicted octanol–water partition coefficient (Wildman–Crippen LogP) is 3.65. The highest BCUT2D eigenvalue weighted by atomic mass is 32.8. The summed E-state index contributed by atoms with van der Waals surface area (Å²) in [6.07, 6.45) is 0.977. The van der Waals surface area contributed by atoms with Crippen LogP contribution in [0.25, 0.3) is 0 Å². The number of aliphatic hydroxyl groups excluding tert-OH is 1. The Labute approximate surface area is 115 Å². The first-order valence-corrected chi connectivity index (χ1v) is 19.3. The zero-order valence-electron chi connectivity index (χ0n) is 8.87. The van der Waals surface area contributed by atoms with Crippen molar-refractivity contribution in [2.45, 2.75) is 12.5 Å². The number of aliphatic hydroxyl groups is 1. The fraction of sp³-hybridized carbons (Fsp3) is 1.00. The highest BCUT2D eigenvalue weighted by Crippen LogP contribution is 2.80. The lowest BCUT2D eigenvalue weighted by Gasteiger charge is -2.22. The van der Waals surface area contributed by atoms with E-state index in [0.717, 1.165) is 20.9 Å². The van der Waals surface area contributed by atoms with Gasteiger partial charge < -0.3 is 5.11 Å². The Morgan fingerprint density at radius 3 is 2.31 bits per heavy atom. The molecule has 0 fully saturated rings. The van der Waals surface area contributed by atoms with Crippen LogP contribution in [-0.2, 0) is 0 Å². The molecule has 0 aliphatic carbocycles. The van der Waals surface area contributed by atoms with E-state index < -0.39 is 0 Å². The minimum Gasteiger partial charge on any atom is -0.395 e. The van der Waals surface area contributed by atoms with E-state index in [4.69, 9.17) is 0 Å². The quantitative estimate of drug-likeness (QED) is 0.525. The normalized spacial score (nSPS) is 18.2. The van der Waals surface area contributed by atoms with Gasteiger partial charge in [-0.1, -0.05) is 25.8 Å². The van der Waals surface area contributed by atoms with Gasteiger partial charge in [-0.3, -0.25) is 10.2 Å². The van der Waals surface area contributed by atoms with Crippen molar-refractivity contribution in [3.63, 3.8) is 0 Å². The van der Waals surface area contributed by atoms with Gasteiger partial charge in [0.15, 0.2) is 0 Å². The van der Waals surface area contributed by atoms with E-state index in [2.05, 4.69) is 54.8 Å². The van der Waals surface area contributed by atoms with Gasteiger partial charge >= 0.3 is 0 Å². The van der Waals surface area contributed by atoms with Gasteiger partial charge in [-0.2, -0.15) is 0 Å². The minimum absolute atomic E-state index is 0.0516. The Kier molecular flexibility index (Phi) is 15.4. The van der Waals surface area contributed by atoms with E-state index >= 15 is 0 Å². The fourth-order valence-electron chi connectivity index (χ4n) is 0.866. The molecule has 12 heteroatoms. The molecule has 9 atom stereocenters. The van der Waals surface area contributed by atoms with Gasteiger partial charge in [-0.15, -0.1) is 26.8 Å². The summed E-state index contributed by atoms with van der Waals surface area (Å²) < 4.78 is 0. The van der Waals surface area contributed by atoms with E-state index in [-0.39, 0.29) is 34.5 Å². The first-order valence-electron chi connectivity index (χ1n) is 4.47. The molecule has 0 amide bonds. The van der Waals surface area contributed by atoms with Crippen molar-refractivity contribution in [1.82, 2.24) is 10.2 Å². The molecule has 3 nitrogen and oxygen atoms in total. The van der Waals surface area contributed by atoms with Crippen molar-refractivity contribution >= 4 is 74.5 Å². The van der Waals surface area contributed by atoms with Gasteiger partial charge in [-0.05, 0) is 13.4 Å².